The number of halogens is 1. The second-order valence-electron chi connectivity index (χ2n) is 7.17. The van der Waals surface area contributed by atoms with Crippen molar-refractivity contribution in [2.45, 2.75) is 44.4 Å². The van der Waals surface area contributed by atoms with E-state index in [1.165, 1.54) is 52.6 Å². The Bertz CT molecular complexity index is 812. The van der Waals surface area contributed by atoms with Gasteiger partial charge in [-0.25, -0.2) is 0 Å². The monoisotopic (exact) mass is 418 g/mol. The fourth-order valence-corrected chi connectivity index (χ4v) is 5.39. The molecule has 1 fully saturated rings. The molecular weight excluding hydrogens is 399 g/mol. The number of phenols is 1. The van der Waals surface area contributed by atoms with Gasteiger partial charge in [0, 0.05) is 0 Å². The number of phenolic OH excluding ortho intramolecular Hbond substituents is 1. The van der Waals surface area contributed by atoms with Crippen molar-refractivity contribution >= 4 is 23.0 Å². The van der Waals surface area contributed by atoms with Gasteiger partial charge in [-0.3, -0.25) is 0 Å². The molecule has 0 heterocycles. The van der Waals surface area contributed by atoms with Crippen molar-refractivity contribution in [3.05, 3.63) is 46.5 Å². The minimum atomic E-state index is 0.478. The number of aromatic hydroxyl groups is 1. The lowest BCUT2D eigenvalue weighted by Gasteiger charge is -2.32. The molecule has 0 aliphatic heterocycles. The maximum atomic E-state index is 10.2. The van der Waals surface area contributed by atoms with Crippen LogP contribution in [0, 0.1) is 5.92 Å². The van der Waals surface area contributed by atoms with E-state index in [0.717, 1.165) is 36.8 Å². The highest BCUT2D eigenvalue weighted by molar-refractivity contribution is 14.1. The van der Waals surface area contributed by atoms with Gasteiger partial charge in [-0.1, -0.05) is 12.1 Å². The van der Waals surface area contributed by atoms with Gasteiger partial charge in [-0.05, 0) is 95.9 Å². The summed E-state index contributed by atoms with van der Waals surface area (Å²) in [7, 11) is 0. The SMILES string of the molecule is Oc1ccc(-c2ccc(OI)c3c2C2CCC2C3)c2c1CCC2. The molecule has 2 nitrogen and oxygen atoms in total. The van der Waals surface area contributed by atoms with Gasteiger partial charge in [0.05, 0.1) is 0 Å². The van der Waals surface area contributed by atoms with Gasteiger partial charge in [-0.15, -0.1) is 0 Å². The maximum Gasteiger partial charge on any atom is 0.192 e. The molecule has 0 bridgehead atoms. The van der Waals surface area contributed by atoms with Crippen LogP contribution in [0.3, 0.4) is 0 Å². The Morgan fingerprint density at radius 1 is 0.957 bits per heavy atom. The van der Waals surface area contributed by atoms with Gasteiger partial charge in [0.2, 0.25) is 0 Å². The standard InChI is InChI=1S/C20H19IO2/c21-23-19-9-7-16(20-12-5-4-11(12)10-17(19)20)14-6-8-18(22)15-3-1-2-13(14)15/h6-9,11-12,22H,1-5,10H2. The topological polar surface area (TPSA) is 29.5 Å². The first-order valence-corrected chi connectivity index (χ1v) is 9.44. The summed E-state index contributed by atoms with van der Waals surface area (Å²) in [6.07, 6.45) is 7.10. The quantitative estimate of drug-likeness (QED) is 0.669. The van der Waals surface area contributed by atoms with Crippen LogP contribution in [0.4, 0.5) is 0 Å². The molecule has 2 unspecified atom stereocenters. The van der Waals surface area contributed by atoms with Gasteiger partial charge < -0.3 is 8.17 Å². The summed E-state index contributed by atoms with van der Waals surface area (Å²) < 4.78 is 5.61. The van der Waals surface area contributed by atoms with Crippen molar-refractivity contribution in [2.75, 3.05) is 0 Å². The van der Waals surface area contributed by atoms with E-state index in [9.17, 15) is 5.11 Å². The lowest BCUT2D eigenvalue weighted by atomic mass is 9.73. The second-order valence-corrected chi connectivity index (χ2v) is 7.61. The van der Waals surface area contributed by atoms with Crippen LogP contribution < -0.4 is 3.07 Å². The molecule has 0 spiro atoms. The smallest absolute Gasteiger partial charge is 0.192 e. The molecule has 2 aromatic carbocycles. The Labute approximate surface area is 150 Å². The number of benzene rings is 2. The first-order valence-electron chi connectivity index (χ1n) is 8.56. The summed E-state index contributed by atoms with van der Waals surface area (Å²) in [5, 5.41) is 10.2. The molecule has 1 saturated carbocycles. The van der Waals surface area contributed by atoms with Crippen molar-refractivity contribution in [3.8, 4) is 22.6 Å². The normalized spacial score (nSPS) is 23.9. The Kier molecular flexibility index (Phi) is 3.16. The molecule has 2 atom stereocenters. The van der Waals surface area contributed by atoms with Crippen LogP contribution in [0.1, 0.15) is 47.4 Å². The first kappa shape index (κ1) is 14.1. The van der Waals surface area contributed by atoms with Crippen LogP contribution in [0.15, 0.2) is 24.3 Å². The van der Waals surface area contributed by atoms with Gasteiger partial charge in [0.15, 0.2) is 23.0 Å². The van der Waals surface area contributed by atoms with Crippen molar-refractivity contribution in [3.63, 3.8) is 0 Å². The lowest BCUT2D eigenvalue weighted by molar-refractivity contribution is 0.281. The van der Waals surface area contributed by atoms with Crippen molar-refractivity contribution in [2.24, 2.45) is 5.92 Å². The third-order valence-electron chi connectivity index (χ3n) is 6.20. The van der Waals surface area contributed by atoms with E-state index in [1.54, 1.807) is 0 Å². The first-order chi connectivity index (χ1) is 11.3. The van der Waals surface area contributed by atoms with E-state index in [-0.39, 0.29) is 0 Å². The molecule has 0 saturated heterocycles. The number of fused-ring (bicyclic) bond motifs is 4. The summed E-state index contributed by atoms with van der Waals surface area (Å²) >= 11 is 2.01. The predicted octanol–water partition coefficient (Wildman–Crippen LogP) is 5.33. The Morgan fingerprint density at radius 3 is 2.57 bits per heavy atom. The van der Waals surface area contributed by atoms with Crippen molar-refractivity contribution in [1.29, 1.82) is 0 Å². The average Bonchev–Trinajstić information content (AvgIpc) is 3.12. The number of hydrogen-bond donors (Lipinski definition) is 1. The van der Waals surface area contributed by atoms with Crippen LogP contribution >= 0.6 is 23.0 Å². The largest absolute Gasteiger partial charge is 0.508 e. The number of rotatable bonds is 2. The fraction of sp³-hybridized carbons (Fsp3) is 0.400. The van der Waals surface area contributed by atoms with Gasteiger partial charge in [-0.2, -0.15) is 0 Å². The second kappa shape index (κ2) is 5.13. The molecule has 3 aliphatic rings. The van der Waals surface area contributed by atoms with Crippen LogP contribution in [-0.4, -0.2) is 5.11 Å². The molecule has 5 rings (SSSR count). The Morgan fingerprint density at radius 2 is 1.78 bits per heavy atom. The molecule has 2 aromatic rings. The minimum absolute atomic E-state index is 0.478. The zero-order chi connectivity index (χ0) is 15.6. The van der Waals surface area contributed by atoms with E-state index >= 15 is 0 Å². The van der Waals surface area contributed by atoms with E-state index in [2.05, 4.69) is 18.2 Å². The van der Waals surface area contributed by atoms with Crippen molar-refractivity contribution < 1.29 is 8.17 Å². The molecular formula is C20H19IO2. The molecule has 0 aromatic heterocycles. The highest BCUT2D eigenvalue weighted by Crippen LogP contribution is 2.57. The van der Waals surface area contributed by atoms with Crippen molar-refractivity contribution in [1.82, 2.24) is 0 Å². The van der Waals surface area contributed by atoms with Gasteiger partial charge in [0.1, 0.15) is 11.5 Å². The highest BCUT2D eigenvalue weighted by atomic mass is 127. The summed E-state index contributed by atoms with van der Waals surface area (Å²) in [6, 6.07) is 8.41. The van der Waals surface area contributed by atoms with E-state index < -0.39 is 0 Å². The van der Waals surface area contributed by atoms with E-state index in [4.69, 9.17) is 3.07 Å². The molecule has 1 N–H and O–H groups in total. The lowest BCUT2D eigenvalue weighted by Crippen LogP contribution is -2.19. The fourth-order valence-electron chi connectivity index (χ4n) is 4.98. The Balaban J connectivity index is 1.74. The summed E-state index contributed by atoms with van der Waals surface area (Å²) in [5.74, 6) is 3.07. The Hall–Kier alpha value is -1.23. The minimum Gasteiger partial charge on any atom is -0.508 e. The molecule has 0 amide bonds. The van der Waals surface area contributed by atoms with E-state index in [1.807, 2.05) is 29.1 Å². The van der Waals surface area contributed by atoms with Gasteiger partial charge >= 0.3 is 0 Å². The average molecular weight is 418 g/mol. The maximum absolute atomic E-state index is 10.2. The third-order valence-corrected chi connectivity index (χ3v) is 6.68. The zero-order valence-electron chi connectivity index (χ0n) is 12.9. The number of hydrogen-bond acceptors (Lipinski definition) is 2. The third kappa shape index (κ3) is 1.92. The summed E-state index contributed by atoms with van der Waals surface area (Å²) in [6.45, 7) is 0. The molecule has 3 heteroatoms. The molecule has 0 radical (unpaired) electrons. The van der Waals surface area contributed by atoms with Crippen LogP contribution in [0.5, 0.6) is 11.5 Å². The molecule has 3 aliphatic carbocycles. The summed E-state index contributed by atoms with van der Waals surface area (Å²) in [4.78, 5) is 0. The summed E-state index contributed by atoms with van der Waals surface area (Å²) in [5.41, 5.74) is 8.26. The van der Waals surface area contributed by atoms with Gasteiger partial charge in [0.25, 0.3) is 0 Å². The van der Waals surface area contributed by atoms with E-state index in [0.29, 0.717) is 5.75 Å². The zero-order valence-corrected chi connectivity index (χ0v) is 15.1. The highest BCUT2D eigenvalue weighted by Gasteiger charge is 2.42. The van der Waals surface area contributed by atoms with Crippen LogP contribution in [0.2, 0.25) is 0 Å². The van der Waals surface area contributed by atoms with Crippen LogP contribution in [0.25, 0.3) is 11.1 Å². The molecule has 118 valence electrons. The molecule has 23 heavy (non-hydrogen) atoms. The van der Waals surface area contributed by atoms with Crippen LogP contribution in [-0.2, 0) is 19.3 Å². The predicted molar refractivity (Wildman–Crippen MR) is 99.4 cm³/mol.